The summed E-state index contributed by atoms with van der Waals surface area (Å²) < 4.78 is 18.2. The van der Waals surface area contributed by atoms with E-state index in [0.717, 1.165) is 187 Å². The molecule has 27 aromatic rings. The van der Waals surface area contributed by atoms with Gasteiger partial charge in [-0.1, -0.05) is 327 Å². The van der Waals surface area contributed by atoms with Crippen LogP contribution in [0.15, 0.2) is 444 Å². The maximum atomic E-state index is 6.09. The minimum Gasteiger partial charge on any atom is -0.456 e. The van der Waals surface area contributed by atoms with Gasteiger partial charge in [0.1, 0.15) is 33.5 Å². The zero-order valence-corrected chi connectivity index (χ0v) is 70.4. The minimum absolute atomic E-state index is 0.882. The van der Waals surface area contributed by atoms with Crippen LogP contribution in [-0.4, -0.2) is 29.9 Å². The van der Waals surface area contributed by atoms with Crippen LogP contribution in [0.4, 0.5) is 0 Å². The Kier molecular flexibility index (Phi) is 18.0. The monoisotopic (exact) mass is 1660 g/mol. The Bertz CT molecular complexity index is 9260. The van der Waals surface area contributed by atoms with E-state index in [9.17, 15) is 0 Å². The fraction of sp³-hybridized carbons (Fsp3) is 0.00826. The van der Waals surface area contributed by atoms with Crippen molar-refractivity contribution in [2.45, 2.75) is 6.92 Å². The van der Waals surface area contributed by atoms with E-state index in [2.05, 4.69) is 358 Å². The number of hydrogen-bond acceptors (Lipinski definition) is 9. The highest BCUT2D eigenvalue weighted by molar-refractivity contribution is 6.27. The van der Waals surface area contributed by atoms with Gasteiger partial charge in [0.05, 0.1) is 56.4 Å². The maximum Gasteiger partial charge on any atom is 0.135 e. The number of para-hydroxylation sites is 3. The van der Waals surface area contributed by atoms with E-state index in [-0.39, 0.29) is 0 Å². The Labute approximate surface area is 745 Å². The highest BCUT2D eigenvalue weighted by Gasteiger charge is 2.22. The standard InChI is InChI=1S/C46H28N2O.C40H24N2O.C35H22N2O/c1-3-12-29(13-4-1)43-44(30-14-5-2-6-15-30)48-46-38-24-22-33(27-39(38)35-18-7-8-20-37(35)45(46)47-43)31-16-11-17-32(26-31)34-23-25-42-40(28-34)36-19-9-10-21-41(36)49-42;1-2-9-25(10-3-1)36-24-41-39-33-19-17-28(22-34(33)30-13-4-5-15-32(30)40(39)42-36)26-11-8-12-27(21-26)29-18-20-38-35(23-29)31-14-6-7-16-37(31)43-38;1-21-9-12-27-29(17-21)30-19-24(10-13-28(30)35-34(27)36-15-16-37-35)22-5-4-6-23(18-22)25-11-14-33-31(20-25)26-7-2-3-8-32(26)38-33/h1-28H;1-24H;2-20H,1H3. The van der Waals surface area contributed by atoms with Gasteiger partial charge in [-0.2, -0.15) is 0 Å². The molecular weight excluding hydrogens is 1590 g/mol. The number of hydrogen-bond donors (Lipinski definition) is 0. The summed E-state index contributed by atoms with van der Waals surface area (Å²) in [4.78, 5) is 30.3. The second kappa shape index (κ2) is 31.1. The van der Waals surface area contributed by atoms with Crippen LogP contribution in [0.25, 0.3) is 264 Å². The molecule has 9 heteroatoms. The molecule has 6 aromatic heterocycles. The summed E-state index contributed by atoms with van der Waals surface area (Å²) in [6, 6.07) is 145. The van der Waals surface area contributed by atoms with Gasteiger partial charge in [-0.25, -0.2) is 15.0 Å². The van der Waals surface area contributed by atoms with Gasteiger partial charge in [0.25, 0.3) is 0 Å². The molecule has 0 aliphatic rings. The van der Waals surface area contributed by atoms with Crippen molar-refractivity contribution in [2.75, 3.05) is 0 Å². The number of benzene rings is 21. The Morgan fingerprint density at radius 1 is 0.162 bits per heavy atom. The molecule has 0 spiro atoms. The summed E-state index contributed by atoms with van der Waals surface area (Å²) in [7, 11) is 0. The predicted molar refractivity (Wildman–Crippen MR) is 539 cm³/mol. The van der Waals surface area contributed by atoms with Crippen LogP contribution in [0.1, 0.15) is 5.56 Å². The molecule has 0 saturated heterocycles. The van der Waals surface area contributed by atoms with Gasteiger partial charge in [0, 0.05) is 93.7 Å². The van der Waals surface area contributed by atoms with Gasteiger partial charge in [-0.15, -0.1) is 0 Å². The summed E-state index contributed by atoms with van der Waals surface area (Å²) in [5.74, 6) is 0. The van der Waals surface area contributed by atoms with Crippen LogP contribution in [0.2, 0.25) is 0 Å². The van der Waals surface area contributed by atoms with Crippen LogP contribution >= 0.6 is 0 Å². The molecule has 21 aromatic carbocycles. The largest absolute Gasteiger partial charge is 0.456 e. The van der Waals surface area contributed by atoms with Crippen molar-refractivity contribution in [1.82, 2.24) is 29.9 Å². The van der Waals surface area contributed by atoms with E-state index in [4.69, 9.17) is 38.2 Å². The molecule has 9 nitrogen and oxygen atoms in total. The van der Waals surface area contributed by atoms with Gasteiger partial charge < -0.3 is 13.3 Å². The molecule has 0 N–H and O–H groups in total. The molecule has 0 saturated carbocycles. The number of aromatic nitrogens is 6. The Morgan fingerprint density at radius 2 is 0.423 bits per heavy atom. The van der Waals surface area contributed by atoms with Gasteiger partial charge in [0.2, 0.25) is 0 Å². The minimum atomic E-state index is 0.882. The van der Waals surface area contributed by atoms with Gasteiger partial charge in [-0.3, -0.25) is 15.0 Å². The zero-order valence-electron chi connectivity index (χ0n) is 70.4. The number of fused-ring (bicyclic) bond motifs is 27. The highest BCUT2D eigenvalue weighted by Crippen LogP contribution is 2.45. The molecule has 0 bridgehead atoms. The maximum absolute atomic E-state index is 6.09. The average Bonchev–Trinajstić information content (AvgIpc) is 1.27. The molecule has 0 atom stereocenters. The third kappa shape index (κ3) is 13.1. The molecule has 0 radical (unpaired) electrons. The number of rotatable bonds is 9. The van der Waals surface area contributed by atoms with Crippen LogP contribution < -0.4 is 0 Å². The zero-order chi connectivity index (χ0) is 85.9. The van der Waals surface area contributed by atoms with Gasteiger partial charge in [-0.05, 0) is 197 Å². The summed E-state index contributed by atoms with van der Waals surface area (Å²) in [5, 5.41) is 20.6. The first-order valence-electron chi connectivity index (χ1n) is 43.9. The van der Waals surface area contributed by atoms with Crippen LogP contribution in [-0.2, 0) is 0 Å². The molecule has 6 heterocycles. The molecule has 0 fully saturated rings. The number of furan rings is 3. The summed E-state index contributed by atoms with van der Waals surface area (Å²) in [5.41, 5.74) is 32.2. The van der Waals surface area contributed by atoms with Crippen molar-refractivity contribution in [1.29, 1.82) is 0 Å². The average molecular weight is 1660 g/mol. The quantitative estimate of drug-likeness (QED) is 0.130. The first-order chi connectivity index (χ1) is 64.3. The second-order valence-corrected chi connectivity index (χ2v) is 33.5. The van der Waals surface area contributed by atoms with E-state index in [1.165, 1.54) is 82.6 Å². The molecule has 130 heavy (non-hydrogen) atoms. The molecule has 0 amide bonds. The molecular formula is C121H74N6O3. The normalized spacial score (nSPS) is 11.7. The van der Waals surface area contributed by atoms with E-state index < -0.39 is 0 Å². The topological polar surface area (TPSA) is 117 Å². The van der Waals surface area contributed by atoms with Crippen LogP contribution in [0.3, 0.4) is 0 Å². The molecule has 0 aliphatic heterocycles. The van der Waals surface area contributed by atoms with Crippen molar-refractivity contribution in [3.05, 3.63) is 437 Å². The van der Waals surface area contributed by atoms with Crippen LogP contribution in [0.5, 0.6) is 0 Å². The lowest BCUT2D eigenvalue weighted by Gasteiger charge is -2.15. The summed E-state index contributed by atoms with van der Waals surface area (Å²) >= 11 is 0. The Balaban J connectivity index is 0.000000106. The summed E-state index contributed by atoms with van der Waals surface area (Å²) in [6.45, 7) is 2.14. The molecule has 606 valence electrons. The van der Waals surface area contributed by atoms with E-state index >= 15 is 0 Å². The summed E-state index contributed by atoms with van der Waals surface area (Å²) in [6.07, 6.45) is 5.44. The fourth-order valence-corrected chi connectivity index (χ4v) is 19.4. The Hall–Kier alpha value is -17.4. The van der Waals surface area contributed by atoms with Crippen molar-refractivity contribution >= 4 is 164 Å². The molecule has 27 rings (SSSR count). The predicted octanol–water partition coefficient (Wildman–Crippen LogP) is 32.8. The SMILES string of the molecule is Cc1ccc2c(c1)c1cc(-c3cccc(-c4ccc5oc6ccccc6c5c4)c3)ccc1c1nccnc21.c1ccc(-c2cnc3c4ccc(-c5cccc(-c6ccc7oc8ccccc8c7c6)c5)cc4c4ccccc4c3n2)cc1.c1ccc(-c2nc3c4ccccc4c4cc(-c5cccc(-c6ccc7oc8ccccc8c7c6)c5)ccc4c3nc2-c2ccccc2)cc1. The fourth-order valence-electron chi connectivity index (χ4n) is 19.4. The van der Waals surface area contributed by atoms with Crippen molar-refractivity contribution in [3.8, 4) is 101 Å². The lowest BCUT2D eigenvalue weighted by Crippen LogP contribution is -1.97. The lowest BCUT2D eigenvalue weighted by atomic mass is 9.93. The third-order valence-corrected chi connectivity index (χ3v) is 25.7. The van der Waals surface area contributed by atoms with E-state index in [1.807, 2.05) is 72.9 Å². The van der Waals surface area contributed by atoms with Gasteiger partial charge in [0.15, 0.2) is 0 Å². The lowest BCUT2D eigenvalue weighted by molar-refractivity contribution is 0.668. The van der Waals surface area contributed by atoms with Gasteiger partial charge >= 0.3 is 0 Å². The second-order valence-electron chi connectivity index (χ2n) is 33.5. The van der Waals surface area contributed by atoms with Crippen LogP contribution in [0, 0.1) is 6.92 Å². The molecule has 0 aliphatic carbocycles. The van der Waals surface area contributed by atoms with E-state index in [1.54, 1.807) is 12.4 Å². The van der Waals surface area contributed by atoms with Crippen molar-refractivity contribution in [3.63, 3.8) is 0 Å². The highest BCUT2D eigenvalue weighted by atomic mass is 16.3. The Morgan fingerprint density at radius 3 is 0.815 bits per heavy atom. The number of aryl methyl sites for hydroxylation is 1. The number of nitrogens with zero attached hydrogens (tertiary/aromatic N) is 6. The molecule has 0 unspecified atom stereocenters. The smallest absolute Gasteiger partial charge is 0.135 e. The van der Waals surface area contributed by atoms with Crippen molar-refractivity contribution < 1.29 is 13.3 Å². The van der Waals surface area contributed by atoms with E-state index in [0.29, 0.717) is 0 Å². The first-order valence-corrected chi connectivity index (χ1v) is 43.9. The van der Waals surface area contributed by atoms with Crippen molar-refractivity contribution in [2.24, 2.45) is 0 Å². The third-order valence-electron chi connectivity index (χ3n) is 25.7. The first kappa shape index (κ1) is 75.2.